The number of hydrogen-bond acceptors (Lipinski definition) is 4. The fraction of sp³-hybridized carbons (Fsp3) is 0.278. The molecule has 5 nitrogen and oxygen atoms in total. The van der Waals surface area contributed by atoms with Crippen LogP contribution in [0, 0.1) is 6.92 Å². The Hall–Kier alpha value is -2.05. The third-order valence-electron chi connectivity index (χ3n) is 4.23. The molecule has 0 saturated heterocycles. The van der Waals surface area contributed by atoms with E-state index in [0.717, 1.165) is 16.8 Å². The SMILES string of the molecule is CC(=O)N1c2ccc(S(=O)(=O)Oc3ccc(Cl)c(C)c3)cc2CC1C. The van der Waals surface area contributed by atoms with Crippen molar-refractivity contribution < 1.29 is 17.4 Å². The molecule has 0 aromatic heterocycles. The molecule has 2 aromatic rings. The molecule has 3 rings (SSSR count). The van der Waals surface area contributed by atoms with Gasteiger partial charge in [0.25, 0.3) is 0 Å². The lowest BCUT2D eigenvalue weighted by Crippen LogP contribution is -2.33. The molecule has 0 N–H and O–H groups in total. The van der Waals surface area contributed by atoms with E-state index in [2.05, 4.69) is 0 Å². The molecular weight excluding hydrogens is 362 g/mol. The number of benzene rings is 2. The monoisotopic (exact) mass is 379 g/mol. The summed E-state index contributed by atoms with van der Waals surface area (Å²) in [5, 5.41) is 0.542. The third-order valence-corrected chi connectivity index (χ3v) is 5.90. The zero-order chi connectivity index (χ0) is 18.4. The second-order valence-corrected chi connectivity index (χ2v) is 8.13. The highest BCUT2D eigenvalue weighted by Crippen LogP contribution is 2.34. The number of aryl methyl sites for hydroxylation is 1. The second-order valence-electron chi connectivity index (χ2n) is 6.18. The summed E-state index contributed by atoms with van der Waals surface area (Å²) >= 11 is 5.95. The van der Waals surface area contributed by atoms with Gasteiger partial charge in [-0.05, 0) is 67.8 Å². The van der Waals surface area contributed by atoms with Crippen molar-refractivity contribution in [3.05, 3.63) is 52.5 Å². The number of carbonyl (C=O) groups is 1. The van der Waals surface area contributed by atoms with Gasteiger partial charge in [0.15, 0.2) is 0 Å². The molecule has 1 atom stereocenters. The van der Waals surface area contributed by atoms with Crippen LogP contribution in [0.25, 0.3) is 0 Å². The number of carbonyl (C=O) groups excluding carboxylic acids is 1. The van der Waals surface area contributed by atoms with E-state index in [9.17, 15) is 13.2 Å². The summed E-state index contributed by atoms with van der Waals surface area (Å²) in [5.41, 5.74) is 2.30. The van der Waals surface area contributed by atoms with Gasteiger partial charge < -0.3 is 9.08 Å². The quantitative estimate of drug-likeness (QED) is 0.762. The Morgan fingerprint density at radius 1 is 1.24 bits per heavy atom. The second kappa shape index (κ2) is 6.35. The van der Waals surface area contributed by atoms with Crippen molar-refractivity contribution in [2.24, 2.45) is 0 Å². The molecule has 25 heavy (non-hydrogen) atoms. The van der Waals surface area contributed by atoms with E-state index in [1.54, 1.807) is 36.1 Å². The van der Waals surface area contributed by atoms with E-state index in [-0.39, 0.29) is 22.6 Å². The van der Waals surface area contributed by atoms with Crippen molar-refractivity contribution in [2.45, 2.75) is 38.1 Å². The van der Waals surface area contributed by atoms with Crippen LogP contribution in [0.15, 0.2) is 41.3 Å². The van der Waals surface area contributed by atoms with E-state index < -0.39 is 10.1 Å². The molecule has 132 valence electrons. The van der Waals surface area contributed by atoms with Crippen LogP contribution in [0.2, 0.25) is 5.02 Å². The maximum atomic E-state index is 12.6. The number of rotatable bonds is 3. The normalized spacial score (nSPS) is 16.6. The smallest absolute Gasteiger partial charge is 0.339 e. The first kappa shape index (κ1) is 17.8. The first-order valence-electron chi connectivity index (χ1n) is 7.82. The molecule has 1 aliphatic heterocycles. The number of fused-ring (bicyclic) bond motifs is 1. The van der Waals surface area contributed by atoms with Crippen LogP contribution in [0.4, 0.5) is 5.69 Å². The Bertz CT molecular complexity index is 956. The minimum Gasteiger partial charge on any atom is -0.379 e. The minimum atomic E-state index is -3.97. The molecule has 1 heterocycles. The van der Waals surface area contributed by atoms with Gasteiger partial charge in [-0.25, -0.2) is 0 Å². The third kappa shape index (κ3) is 3.37. The Balaban J connectivity index is 1.93. The van der Waals surface area contributed by atoms with E-state index in [0.29, 0.717) is 11.4 Å². The first-order chi connectivity index (χ1) is 11.7. The molecule has 0 saturated carbocycles. The van der Waals surface area contributed by atoms with E-state index in [4.69, 9.17) is 15.8 Å². The zero-order valence-corrected chi connectivity index (χ0v) is 15.7. The van der Waals surface area contributed by atoms with Crippen molar-refractivity contribution in [2.75, 3.05) is 4.90 Å². The van der Waals surface area contributed by atoms with Crippen LogP contribution in [0.5, 0.6) is 5.75 Å². The van der Waals surface area contributed by atoms with Gasteiger partial charge in [0.2, 0.25) is 5.91 Å². The summed E-state index contributed by atoms with van der Waals surface area (Å²) < 4.78 is 30.3. The minimum absolute atomic E-state index is 0.00490. The summed E-state index contributed by atoms with van der Waals surface area (Å²) in [5.74, 6) is 0.149. The Labute approximate surface area is 152 Å². The molecule has 0 spiro atoms. The molecule has 1 amide bonds. The molecule has 1 unspecified atom stereocenters. The van der Waals surface area contributed by atoms with E-state index >= 15 is 0 Å². The predicted octanol–water partition coefficient (Wildman–Crippen LogP) is 3.71. The Kier molecular flexibility index (Phi) is 4.51. The van der Waals surface area contributed by atoms with Gasteiger partial charge in [-0.3, -0.25) is 4.79 Å². The highest BCUT2D eigenvalue weighted by atomic mass is 35.5. The van der Waals surface area contributed by atoms with Gasteiger partial charge in [0.05, 0.1) is 0 Å². The van der Waals surface area contributed by atoms with Crippen LogP contribution in [-0.4, -0.2) is 20.4 Å². The number of nitrogens with zero attached hydrogens (tertiary/aromatic N) is 1. The average molecular weight is 380 g/mol. The van der Waals surface area contributed by atoms with Crippen molar-refractivity contribution in [3.63, 3.8) is 0 Å². The summed E-state index contributed by atoms with van der Waals surface area (Å²) in [6.07, 6.45) is 0.609. The standard InChI is InChI=1S/C18H18ClNO4S/c1-11-8-15(4-6-17(11)19)24-25(22,23)16-5-7-18-14(10-16)9-12(2)20(18)13(3)21/h4-8,10,12H,9H2,1-3H3. The maximum Gasteiger partial charge on any atom is 0.339 e. The number of hydrogen-bond donors (Lipinski definition) is 0. The molecule has 0 bridgehead atoms. The topological polar surface area (TPSA) is 63.7 Å². The molecule has 0 fully saturated rings. The Morgan fingerprint density at radius 2 is 1.96 bits per heavy atom. The summed E-state index contributed by atoms with van der Waals surface area (Å²) in [6.45, 7) is 5.21. The fourth-order valence-corrected chi connectivity index (χ4v) is 4.18. The summed E-state index contributed by atoms with van der Waals surface area (Å²) in [4.78, 5) is 13.5. The largest absolute Gasteiger partial charge is 0.379 e. The average Bonchev–Trinajstić information content (AvgIpc) is 2.85. The van der Waals surface area contributed by atoms with Crippen LogP contribution < -0.4 is 9.08 Å². The fourth-order valence-electron chi connectivity index (χ4n) is 3.09. The van der Waals surface area contributed by atoms with Gasteiger partial charge in [0, 0.05) is 23.7 Å². The maximum absolute atomic E-state index is 12.6. The molecule has 2 aromatic carbocycles. The summed E-state index contributed by atoms with van der Waals surface area (Å²) in [6, 6.07) is 9.38. The van der Waals surface area contributed by atoms with Gasteiger partial charge in [-0.15, -0.1) is 0 Å². The molecular formula is C18H18ClNO4S. The van der Waals surface area contributed by atoms with Crippen molar-refractivity contribution in [3.8, 4) is 5.75 Å². The van der Waals surface area contributed by atoms with Gasteiger partial charge in [-0.2, -0.15) is 8.42 Å². The predicted molar refractivity (Wildman–Crippen MR) is 96.8 cm³/mol. The lowest BCUT2D eigenvalue weighted by atomic mass is 10.1. The van der Waals surface area contributed by atoms with Gasteiger partial charge >= 0.3 is 10.1 Å². The van der Waals surface area contributed by atoms with Gasteiger partial charge in [0.1, 0.15) is 10.6 Å². The Morgan fingerprint density at radius 3 is 2.60 bits per heavy atom. The zero-order valence-electron chi connectivity index (χ0n) is 14.1. The van der Waals surface area contributed by atoms with E-state index in [1.165, 1.54) is 19.1 Å². The molecule has 0 aliphatic carbocycles. The van der Waals surface area contributed by atoms with Crippen molar-refractivity contribution in [1.82, 2.24) is 0 Å². The molecule has 1 aliphatic rings. The first-order valence-corrected chi connectivity index (χ1v) is 9.61. The van der Waals surface area contributed by atoms with E-state index in [1.807, 2.05) is 6.92 Å². The number of anilines is 1. The van der Waals surface area contributed by atoms with Crippen LogP contribution in [0.1, 0.15) is 25.0 Å². The highest BCUT2D eigenvalue weighted by molar-refractivity contribution is 7.87. The van der Waals surface area contributed by atoms with Gasteiger partial charge in [-0.1, -0.05) is 11.6 Å². The number of amides is 1. The summed E-state index contributed by atoms with van der Waals surface area (Å²) in [7, 11) is -3.97. The van der Waals surface area contributed by atoms with Crippen LogP contribution >= 0.6 is 11.6 Å². The lowest BCUT2D eigenvalue weighted by molar-refractivity contribution is -0.116. The molecule has 0 radical (unpaired) electrons. The lowest BCUT2D eigenvalue weighted by Gasteiger charge is -2.20. The van der Waals surface area contributed by atoms with Crippen molar-refractivity contribution in [1.29, 1.82) is 0 Å². The van der Waals surface area contributed by atoms with Crippen molar-refractivity contribution >= 4 is 33.3 Å². The number of halogens is 1. The van der Waals surface area contributed by atoms with Crippen LogP contribution in [0.3, 0.4) is 0 Å². The highest BCUT2D eigenvalue weighted by Gasteiger charge is 2.30. The van der Waals surface area contributed by atoms with Crippen LogP contribution in [-0.2, 0) is 21.3 Å². The molecule has 7 heteroatoms.